The molecule has 2 heterocycles. The van der Waals surface area contributed by atoms with Gasteiger partial charge in [0.1, 0.15) is 5.84 Å². The topological polar surface area (TPSA) is 46.5 Å². The van der Waals surface area contributed by atoms with E-state index in [1.165, 1.54) is 5.56 Å². The summed E-state index contributed by atoms with van der Waals surface area (Å²) in [4.78, 5) is 8.39. The van der Waals surface area contributed by atoms with Gasteiger partial charge >= 0.3 is 0 Å². The van der Waals surface area contributed by atoms with E-state index >= 15 is 0 Å². The van der Waals surface area contributed by atoms with Crippen LogP contribution in [0.25, 0.3) is 0 Å². The lowest BCUT2D eigenvalue weighted by atomic mass is 10.1. The van der Waals surface area contributed by atoms with Gasteiger partial charge in [0, 0.05) is 24.5 Å². The summed E-state index contributed by atoms with van der Waals surface area (Å²) in [5.74, 6) is 0.995. The van der Waals surface area contributed by atoms with Crippen molar-refractivity contribution in [2.45, 2.75) is 13.2 Å². The molecule has 0 spiro atoms. The van der Waals surface area contributed by atoms with Crippen LogP contribution in [0.1, 0.15) is 16.7 Å². The highest BCUT2D eigenvalue weighted by molar-refractivity contribution is 5.99. The minimum atomic E-state index is 0.610. The molecule has 0 bridgehead atoms. The Hall–Kier alpha value is -2.20. The number of aromatic nitrogens is 1. The van der Waals surface area contributed by atoms with E-state index in [4.69, 9.17) is 4.74 Å². The van der Waals surface area contributed by atoms with E-state index in [0.717, 1.165) is 30.1 Å². The second-order valence-corrected chi connectivity index (χ2v) is 4.70. The highest BCUT2D eigenvalue weighted by Gasteiger charge is 2.07. The van der Waals surface area contributed by atoms with Gasteiger partial charge in [-0.2, -0.15) is 0 Å². The van der Waals surface area contributed by atoms with E-state index in [1.54, 1.807) is 12.4 Å². The summed E-state index contributed by atoms with van der Waals surface area (Å²) in [5.41, 5.74) is 3.45. The molecule has 0 unspecified atom stereocenters. The van der Waals surface area contributed by atoms with Crippen LogP contribution in [-0.2, 0) is 18.0 Å². The van der Waals surface area contributed by atoms with Gasteiger partial charge in [0.15, 0.2) is 0 Å². The average Bonchev–Trinajstić information content (AvgIpc) is 3.03. The van der Waals surface area contributed by atoms with Crippen LogP contribution in [0.15, 0.2) is 53.8 Å². The second kappa shape index (κ2) is 6.30. The predicted octanol–water partition coefficient (Wildman–Crippen LogP) is 2.15. The minimum absolute atomic E-state index is 0.610. The Morgan fingerprint density at radius 3 is 2.30 bits per heavy atom. The van der Waals surface area contributed by atoms with Crippen LogP contribution in [0.4, 0.5) is 0 Å². The van der Waals surface area contributed by atoms with Crippen molar-refractivity contribution in [1.29, 1.82) is 0 Å². The number of pyridine rings is 1. The lowest BCUT2D eigenvalue weighted by Gasteiger charge is -2.06. The van der Waals surface area contributed by atoms with Crippen LogP contribution in [0.3, 0.4) is 0 Å². The highest BCUT2D eigenvalue weighted by Crippen LogP contribution is 2.09. The van der Waals surface area contributed by atoms with Crippen LogP contribution < -0.4 is 5.32 Å². The Morgan fingerprint density at radius 2 is 1.65 bits per heavy atom. The molecule has 1 N–H and O–H groups in total. The van der Waals surface area contributed by atoms with Gasteiger partial charge in [-0.25, -0.2) is 0 Å². The summed E-state index contributed by atoms with van der Waals surface area (Å²) in [7, 11) is 0. The molecule has 1 aliphatic rings. The Kier molecular flexibility index (Phi) is 4.04. The minimum Gasteiger partial charge on any atom is -0.372 e. The third kappa shape index (κ3) is 3.22. The molecule has 0 saturated carbocycles. The Labute approximate surface area is 118 Å². The molecule has 1 aromatic carbocycles. The monoisotopic (exact) mass is 267 g/mol. The maximum atomic E-state index is 5.70. The molecule has 4 heteroatoms. The second-order valence-electron chi connectivity index (χ2n) is 4.70. The molecule has 1 aliphatic heterocycles. The molecule has 1 aromatic heterocycles. The summed E-state index contributed by atoms with van der Waals surface area (Å²) in [6.45, 7) is 3.03. The molecular weight excluding hydrogens is 250 g/mol. The molecular formula is C16H17N3O. The number of nitrogens with zero attached hydrogens (tertiary/aromatic N) is 2. The number of amidine groups is 1. The van der Waals surface area contributed by atoms with E-state index < -0.39 is 0 Å². The smallest absolute Gasteiger partial charge is 0.128 e. The van der Waals surface area contributed by atoms with Crippen LogP contribution in [-0.4, -0.2) is 23.9 Å². The van der Waals surface area contributed by atoms with Gasteiger partial charge in [-0.3, -0.25) is 9.98 Å². The van der Waals surface area contributed by atoms with Gasteiger partial charge in [0.25, 0.3) is 0 Å². The number of aliphatic imine (C=N–C) groups is 1. The van der Waals surface area contributed by atoms with Gasteiger partial charge in [-0.05, 0) is 23.3 Å². The van der Waals surface area contributed by atoms with Gasteiger partial charge < -0.3 is 10.1 Å². The summed E-state index contributed by atoms with van der Waals surface area (Å²) < 4.78 is 5.70. The lowest BCUT2D eigenvalue weighted by molar-refractivity contribution is 0.107. The Bertz CT molecular complexity index is 578. The van der Waals surface area contributed by atoms with E-state index in [0.29, 0.717) is 13.2 Å². The van der Waals surface area contributed by atoms with Crippen molar-refractivity contribution in [3.8, 4) is 0 Å². The lowest BCUT2D eigenvalue weighted by Crippen LogP contribution is -2.19. The molecule has 0 radical (unpaired) electrons. The average molecular weight is 267 g/mol. The van der Waals surface area contributed by atoms with Gasteiger partial charge in [0.2, 0.25) is 0 Å². The maximum Gasteiger partial charge on any atom is 0.128 e. The SMILES string of the molecule is c1cc(COCc2ccc(C3=NCCN3)cc2)ccn1. The predicted molar refractivity (Wildman–Crippen MR) is 78.6 cm³/mol. The summed E-state index contributed by atoms with van der Waals surface area (Å²) in [6.07, 6.45) is 3.56. The Morgan fingerprint density at radius 1 is 0.950 bits per heavy atom. The Balaban J connectivity index is 1.53. The van der Waals surface area contributed by atoms with Crippen molar-refractivity contribution >= 4 is 5.84 Å². The quantitative estimate of drug-likeness (QED) is 0.903. The first kappa shape index (κ1) is 12.8. The molecule has 4 nitrogen and oxygen atoms in total. The molecule has 2 aromatic rings. The third-order valence-electron chi connectivity index (χ3n) is 3.19. The number of rotatable bonds is 5. The van der Waals surface area contributed by atoms with Crippen LogP contribution in [0.2, 0.25) is 0 Å². The molecule has 0 amide bonds. The van der Waals surface area contributed by atoms with Crippen LogP contribution in [0.5, 0.6) is 0 Å². The zero-order valence-electron chi connectivity index (χ0n) is 11.2. The fraction of sp³-hybridized carbons (Fsp3) is 0.250. The maximum absolute atomic E-state index is 5.70. The number of benzene rings is 1. The zero-order chi connectivity index (χ0) is 13.6. The normalized spacial score (nSPS) is 13.9. The van der Waals surface area contributed by atoms with Crippen molar-refractivity contribution in [3.63, 3.8) is 0 Å². The van der Waals surface area contributed by atoms with E-state index in [1.807, 2.05) is 12.1 Å². The summed E-state index contributed by atoms with van der Waals surface area (Å²) in [6, 6.07) is 12.3. The summed E-state index contributed by atoms with van der Waals surface area (Å²) >= 11 is 0. The standard InChI is InChI=1S/C16H17N3O/c1-3-15(16-18-9-10-19-16)4-2-13(1)11-20-12-14-5-7-17-8-6-14/h1-8H,9-12H2,(H,18,19). The number of ether oxygens (including phenoxy) is 1. The fourth-order valence-corrected chi connectivity index (χ4v) is 2.12. The van der Waals surface area contributed by atoms with Crippen molar-refractivity contribution in [2.24, 2.45) is 4.99 Å². The van der Waals surface area contributed by atoms with Crippen LogP contribution in [0, 0.1) is 0 Å². The van der Waals surface area contributed by atoms with Gasteiger partial charge in [-0.15, -0.1) is 0 Å². The van der Waals surface area contributed by atoms with Crippen molar-refractivity contribution in [3.05, 3.63) is 65.5 Å². The highest BCUT2D eigenvalue weighted by atomic mass is 16.5. The van der Waals surface area contributed by atoms with Crippen molar-refractivity contribution in [2.75, 3.05) is 13.1 Å². The van der Waals surface area contributed by atoms with Gasteiger partial charge in [-0.1, -0.05) is 24.3 Å². The number of nitrogens with one attached hydrogen (secondary N) is 1. The summed E-state index contributed by atoms with van der Waals surface area (Å²) in [5, 5.41) is 3.27. The first-order valence-electron chi connectivity index (χ1n) is 6.76. The molecule has 0 fully saturated rings. The molecule has 0 aliphatic carbocycles. The van der Waals surface area contributed by atoms with E-state index in [-0.39, 0.29) is 0 Å². The first-order chi connectivity index (χ1) is 9.92. The largest absolute Gasteiger partial charge is 0.372 e. The van der Waals surface area contributed by atoms with Crippen LogP contribution >= 0.6 is 0 Å². The van der Waals surface area contributed by atoms with E-state index in [9.17, 15) is 0 Å². The fourth-order valence-electron chi connectivity index (χ4n) is 2.12. The third-order valence-corrected chi connectivity index (χ3v) is 3.19. The van der Waals surface area contributed by atoms with Crippen molar-refractivity contribution < 1.29 is 4.74 Å². The van der Waals surface area contributed by atoms with Crippen molar-refractivity contribution in [1.82, 2.24) is 10.3 Å². The van der Waals surface area contributed by atoms with Gasteiger partial charge in [0.05, 0.1) is 19.8 Å². The zero-order valence-corrected chi connectivity index (χ0v) is 11.2. The molecule has 20 heavy (non-hydrogen) atoms. The van der Waals surface area contributed by atoms with E-state index in [2.05, 4.69) is 39.6 Å². The molecule has 102 valence electrons. The molecule has 0 atom stereocenters. The molecule has 3 rings (SSSR count). The molecule has 0 saturated heterocycles. The number of hydrogen-bond donors (Lipinski definition) is 1. The first-order valence-corrected chi connectivity index (χ1v) is 6.76. The number of hydrogen-bond acceptors (Lipinski definition) is 4.